The molecule has 1 aliphatic carbocycles. The zero-order valence-corrected chi connectivity index (χ0v) is 7.96. The standard InChI is InChI=1S/C10H16O2/c1-4-8-7-9(11)5-6-10(8,2)12-3/h5-6,8H,4,7H2,1-3H3. The molecule has 0 fully saturated rings. The Morgan fingerprint density at radius 3 is 2.92 bits per heavy atom. The summed E-state index contributed by atoms with van der Waals surface area (Å²) in [6.07, 6.45) is 5.13. The van der Waals surface area contributed by atoms with Gasteiger partial charge in [0.15, 0.2) is 5.78 Å². The number of ether oxygens (including phenoxy) is 1. The van der Waals surface area contributed by atoms with Gasteiger partial charge in [0.05, 0.1) is 5.60 Å². The summed E-state index contributed by atoms with van der Waals surface area (Å²) in [5.74, 6) is 0.552. The fourth-order valence-electron chi connectivity index (χ4n) is 1.69. The highest BCUT2D eigenvalue weighted by Gasteiger charge is 2.34. The van der Waals surface area contributed by atoms with Crippen molar-refractivity contribution in [3.63, 3.8) is 0 Å². The average Bonchev–Trinajstić information content (AvgIpc) is 2.09. The van der Waals surface area contributed by atoms with Gasteiger partial charge >= 0.3 is 0 Å². The minimum Gasteiger partial charge on any atom is -0.374 e. The third-order valence-electron chi connectivity index (χ3n) is 2.79. The van der Waals surface area contributed by atoms with E-state index in [2.05, 4.69) is 6.92 Å². The van der Waals surface area contributed by atoms with Crippen LogP contribution in [0, 0.1) is 5.92 Å². The van der Waals surface area contributed by atoms with Crippen LogP contribution in [0.4, 0.5) is 0 Å². The number of allylic oxidation sites excluding steroid dienone is 1. The first kappa shape index (κ1) is 9.46. The number of rotatable bonds is 2. The van der Waals surface area contributed by atoms with Crippen molar-refractivity contribution in [2.75, 3.05) is 7.11 Å². The number of hydrogen-bond acceptors (Lipinski definition) is 2. The molecule has 0 N–H and O–H groups in total. The van der Waals surface area contributed by atoms with E-state index in [0.717, 1.165) is 6.42 Å². The molecule has 1 rings (SSSR count). The first-order chi connectivity index (χ1) is 5.62. The van der Waals surface area contributed by atoms with Gasteiger partial charge in [-0.1, -0.05) is 6.92 Å². The molecule has 1 aliphatic rings. The van der Waals surface area contributed by atoms with Crippen LogP contribution in [-0.4, -0.2) is 18.5 Å². The Labute approximate surface area is 73.6 Å². The van der Waals surface area contributed by atoms with E-state index in [4.69, 9.17) is 4.74 Å². The van der Waals surface area contributed by atoms with Crippen LogP contribution in [0.5, 0.6) is 0 Å². The van der Waals surface area contributed by atoms with Gasteiger partial charge in [0.25, 0.3) is 0 Å². The molecule has 0 aromatic heterocycles. The second kappa shape index (κ2) is 3.40. The molecular formula is C10H16O2. The zero-order chi connectivity index (χ0) is 9.19. The van der Waals surface area contributed by atoms with Crippen molar-refractivity contribution in [2.45, 2.75) is 32.3 Å². The maximum absolute atomic E-state index is 11.1. The Kier molecular flexibility index (Phi) is 2.68. The molecule has 0 saturated heterocycles. The van der Waals surface area contributed by atoms with Crippen molar-refractivity contribution in [3.8, 4) is 0 Å². The van der Waals surface area contributed by atoms with Crippen LogP contribution in [0.25, 0.3) is 0 Å². The first-order valence-electron chi connectivity index (χ1n) is 4.39. The monoisotopic (exact) mass is 168 g/mol. The van der Waals surface area contributed by atoms with Gasteiger partial charge in [0.1, 0.15) is 0 Å². The summed E-state index contributed by atoms with van der Waals surface area (Å²) in [6.45, 7) is 4.12. The van der Waals surface area contributed by atoms with E-state index < -0.39 is 0 Å². The highest BCUT2D eigenvalue weighted by atomic mass is 16.5. The van der Waals surface area contributed by atoms with Crippen molar-refractivity contribution in [2.24, 2.45) is 5.92 Å². The lowest BCUT2D eigenvalue weighted by molar-refractivity contribution is -0.119. The normalized spacial score (nSPS) is 35.6. The number of hydrogen-bond donors (Lipinski definition) is 0. The second-order valence-corrected chi connectivity index (χ2v) is 3.50. The van der Waals surface area contributed by atoms with Gasteiger partial charge < -0.3 is 4.74 Å². The Morgan fingerprint density at radius 1 is 1.75 bits per heavy atom. The summed E-state index contributed by atoms with van der Waals surface area (Å²) in [4.78, 5) is 11.1. The lowest BCUT2D eigenvalue weighted by Crippen LogP contribution is -2.38. The van der Waals surface area contributed by atoms with Crippen LogP contribution < -0.4 is 0 Å². The molecule has 2 atom stereocenters. The minimum absolute atomic E-state index is 0.219. The van der Waals surface area contributed by atoms with Gasteiger partial charge in [-0.05, 0) is 31.4 Å². The number of ketones is 1. The summed E-state index contributed by atoms with van der Waals surface area (Å²) >= 11 is 0. The fourth-order valence-corrected chi connectivity index (χ4v) is 1.69. The SMILES string of the molecule is CCC1CC(=O)C=CC1(C)OC. The Morgan fingerprint density at radius 2 is 2.42 bits per heavy atom. The van der Waals surface area contributed by atoms with E-state index in [1.165, 1.54) is 0 Å². The quantitative estimate of drug-likeness (QED) is 0.630. The minimum atomic E-state index is -0.233. The third kappa shape index (κ3) is 1.58. The van der Waals surface area contributed by atoms with Gasteiger partial charge in [-0.3, -0.25) is 4.79 Å². The maximum atomic E-state index is 11.1. The molecule has 0 amide bonds. The highest BCUT2D eigenvalue weighted by molar-refractivity contribution is 5.91. The van der Waals surface area contributed by atoms with Crippen molar-refractivity contribution >= 4 is 5.78 Å². The van der Waals surface area contributed by atoms with E-state index in [-0.39, 0.29) is 11.4 Å². The van der Waals surface area contributed by atoms with Crippen molar-refractivity contribution in [1.29, 1.82) is 0 Å². The summed E-state index contributed by atoms with van der Waals surface area (Å²) < 4.78 is 5.39. The molecule has 0 aromatic carbocycles. The van der Waals surface area contributed by atoms with Crippen LogP contribution in [0.3, 0.4) is 0 Å². The maximum Gasteiger partial charge on any atom is 0.155 e. The van der Waals surface area contributed by atoms with Crippen LogP contribution in [0.15, 0.2) is 12.2 Å². The molecule has 2 nitrogen and oxygen atoms in total. The molecule has 2 unspecified atom stereocenters. The Bertz CT molecular complexity index is 208. The molecule has 12 heavy (non-hydrogen) atoms. The van der Waals surface area contributed by atoms with E-state index in [1.54, 1.807) is 13.2 Å². The van der Waals surface area contributed by atoms with E-state index in [0.29, 0.717) is 12.3 Å². The number of carbonyl (C=O) groups excluding carboxylic acids is 1. The molecule has 0 heterocycles. The molecular weight excluding hydrogens is 152 g/mol. The van der Waals surface area contributed by atoms with E-state index in [1.807, 2.05) is 13.0 Å². The van der Waals surface area contributed by atoms with Crippen LogP contribution >= 0.6 is 0 Å². The molecule has 0 spiro atoms. The lowest BCUT2D eigenvalue weighted by Gasteiger charge is -2.35. The molecule has 0 aromatic rings. The molecule has 68 valence electrons. The summed E-state index contributed by atoms with van der Waals surface area (Å²) in [5.41, 5.74) is -0.233. The Balaban J connectivity index is 2.84. The summed E-state index contributed by atoms with van der Waals surface area (Å²) in [5, 5.41) is 0. The predicted octanol–water partition coefficient (Wildman–Crippen LogP) is 1.95. The predicted molar refractivity (Wildman–Crippen MR) is 48.0 cm³/mol. The summed E-state index contributed by atoms with van der Waals surface area (Å²) in [7, 11) is 1.70. The van der Waals surface area contributed by atoms with E-state index in [9.17, 15) is 4.79 Å². The molecule has 0 saturated carbocycles. The largest absolute Gasteiger partial charge is 0.374 e. The van der Waals surface area contributed by atoms with Crippen LogP contribution in [0.1, 0.15) is 26.7 Å². The van der Waals surface area contributed by atoms with Gasteiger partial charge in [0, 0.05) is 13.5 Å². The fraction of sp³-hybridized carbons (Fsp3) is 0.700. The zero-order valence-electron chi connectivity index (χ0n) is 7.96. The molecule has 2 heteroatoms. The van der Waals surface area contributed by atoms with Gasteiger partial charge in [-0.2, -0.15) is 0 Å². The Hall–Kier alpha value is -0.630. The topological polar surface area (TPSA) is 26.3 Å². The van der Waals surface area contributed by atoms with Crippen molar-refractivity contribution in [3.05, 3.63) is 12.2 Å². The van der Waals surface area contributed by atoms with Gasteiger partial charge in [0.2, 0.25) is 0 Å². The molecule has 0 bridgehead atoms. The average molecular weight is 168 g/mol. The van der Waals surface area contributed by atoms with Gasteiger partial charge in [-0.15, -0.1) is 0 Å². The summed E-state index contributed by atoms with van der Waals surface area (Å²) in [6, 6.07) is 0. The smallest absolute Gasteiger partial charge is 0.155 e. The molecule has 0 radical (unpaired) electrons. The lowest BCUT2D eigenvalue weighted by atomic mass is 9.79. The van der Waals surface area contributed by atoms with E-state index >= 15 is 0 Å². The first-order valence-corrected chi connectivity index (χ1v) is 4.39. The van der Waals surface area contributed by atoms with Gasteiger partial charge in [-0.25, -0.2) is 0 Å². The molecule has 0 aliphatic heterocycles. The highest BCUT2D eigenvalue weighted by Crippen LogP contribution is 2.32. The van der Waals surface area contributed by atoms with Crippen molar-refractivity contribution < 1.29 is 9.53 Å². The number of carbonyl (C=O) groups is 1. The number of methoxy groups -OCH3 is 1. The van der Waals surface area contributed by atoms with Crippen molar-refractivity contribution in [1.82, 2.24) is 0 Å². The second-order valence-electron chi connectivity index (χ2n) is 3.50. The van der Waals surface area contributed by atoms with Crippen LogP contribution in [-0.2, 0) is 9.53 Å². The third-order valence-corrected chi connectivity index (χ3v) is 2.79. The van der Waals surface area contributed by atoms with Crippen LogP contribution in [0.2, 0.25) is 0 Å².